The van der Waals surface area contributed by atoms with Crippen LogP contribution >= 0.6 is 0 Å². The Balaban J connectivity index is 2.06. The Morgan fingerprint density at radius 2 is 0.958 bits per heavy atom. The minimum atomic E-state index is 0.944. The van der Waals surface area contributed by atoms with Crippen LogP contribution in [-0.4, -0.2) is 9.97 Å². The molecule has 0 saturated carbocycles. The average Bonchev–Trinajstić information content (AvgIpc) is 2.65. The van der Waals surface area contributed by atoms with Crippen molar-refractivity contribution in [2.45, 2.75) is 0 Å². The van der Waals surface area contributed by atoms with E-state index in [0.717, 1.165) is 22.1 Å². The maximum absolute atomic E-state index is 4.96. The highest BCUT2D eigenvalue weighted by atomic mass is 14.8. The lowest BCUT2D eigenvalue weighted by molar-refractivity contribution is 1.42. The Labute approximate surface area is 137 Å². The Morgan fingerprint density at radius 1 is 0.458 bits per heavy atom. The number of benzene rings is 5. The van der Waals surface area contributed by atoms with Crippen LogP contribution in [0.2, 0.25) is 0 Å². The summed E-state index contributed by atoms with van der Waals surface area (Å²) in [5.41, 5.74) is 3.87. The zero-order valence-corrected chi connectivity index (χ0v) is 12.8. The molecule has 0 aliphatic rings. The van der Waals surface area contributed by atoms with Crippen LogP contribution in [0.1, 0.15) is 0 Å². The van der Waals surface area contributed by atoms with Gasteiger partial charge >= 0.3 is 0 Å². The van der Waals surface area contributed by atoms with Gasteiger partial charge in [0.2, 0.25) is 0 Å². The van der Waals surface area contributed by atoms with E-state index in [1.165, 1.54) is 32.3 Å². The third-order valence-electron chi connectivity index (χ3n) is 4.97. The summed E-state index contributed by atoms with van der Waals surface area (Å²) >= 11 is 0. The molecule has 0 unspecified atom stereocenters. The summed E-state index contributed by atoms with van der Waals surface area (Å²) in [5, 5.41) is 7.47. The first-order chi connectivity index (χ1) is 11.9. The standard InChI is InChI=1S/C22H12N2/c1-2-10-18-17(9-1)23-21-15-7-3-5-13-11-12-14-6-4-8-16(22(21)24-18)20(14)19(13)15/h1-12H. The lowest BCUT2D eigenvalue weighted by Crippen LogP contribution is -1.92. The van der Waals surface area contributed by atoms with E-state index in [1.54, 1.807) is 0 Å². The van der Waals surface area contributed by atoms with Crippen LogP contribution in [0.5, 0.6) is 0 Å². The Hall–Kier alpha value is -3.26. The van der Waals surface area contributed by atoms with E-state index in [9.17, 15) is 0 Å². The molecule has 24 heavy (non-hydrogen) atoms. The predicted octanol–water partition coefficient (Wildman–Crippen LogP) is 5.68. The molecule has 5 aromatic carbocycles. The molecule has 1 heterocycles. The molecule has 1 aromatic heterocycles. The third-order valence-corrected chi connectivity index (χ3v) is 4.97. The van der Waals surface area contributed by atoms with Gasteiger partial charge in [-0.1, -0.05) is 60.7 Å². The topological polar surface area (TPSA) is 25.8 Å². The second-order valence-electron chi connectivity index (χ2n) is 6.28. The zero-order chi connectivity index (χ0) is 15.7. The smallest absolute Gasteiger partial charge is 0.0979 e. The van der Waals surface area contributed by atoms with Gasteiger partial charge in [-0.2, -0.15) is 0 Å². The lowest BCUT2D eigenvalue weighted by atomic mass is 9.93. The van der Waals surface area contributed by atoms with Crippen molar-refractivity contribution in [1.82, 2.24) is 9.97 Å². The van der Waals surface area contributed by atoms with Gasteiger partial charge in [-0.25, -0.2) is 9.97 Å². The predicted molar refractivity (Wildman–Crippen MR) is 101 cm³/mol. The first kappa shape index (κ1) is 12.2. The van der Waals surface area contributed by atoms with E-state index in [2.05, 4.69) is 48.5 Å². The van der Waals surface area contributed by atoms with E-state index < -0.39 is 0 Å². The van der Waals surface area contributed by atoms with Crippen LogP contribution < -0.4 is 0 Å². The van der Waals surface area contributed by atoms with Crippen LogP contribution in [0, 0.1) is 0 Å². The molecule has 0 N–H and O–H groups in total. The molecule has 6 rings (SSSR count). The Bertz CT molecular complexity index is 1290. The van der Waals surface area contributed by atoms with Crippen molar-refractivity contribution < 1.29 is 0 Å². The molecular weight excluding hydrogens is 292 g/mol. The van der Waals surface area contributed by atoms with Gasteiger partial charge in [-0.05, 0) is 33.7 Å². The Morgan fingerprint density at radius 3 is 1.46 bits per heavy atom. The summed E-state index contributed by atoms with van der Waals surface area (Å²) in [6.45, 7) is 0. The summed E-state index contributed by atoms with van der Waals surface area (Å²) in [7, 11) is 0. The number of para-hydroxylation sites is 2. The average molecular weight is 304 g/mol. The largest absolute Gasteiger partial charge is 0.244 e. The number of hydrogen-bond donors (Lipinski definition) is 0. The van der Waals surface area contributed by atoms with Gasteiger partial charge < -0.3 is 0 Å². The van der Waals surface area contributed by atoms with Crippen molar-refractivity contribution in [1.29, 1.82) is 0 Å². The molecule has 0 bridgehead atoms. The number of rotatable bonds is 0. The minimum absolute atomic E-state index is 0.944. The third kappa shape index (κ3) is 1.41. The molecule has 6 aromatic rings. The molecule has 0 fully saturated rings. The van der Waals surface area contributed by atoms with Crippen LogP contribution in [0.4, 0.5) is 0 Å². The molecule has 0 spiro atoms. The molecule has 110 valence electrons. The minimum Gasteiger partial charge on any atom is -0.244 e. The molecule has 2 heteroatoms. The molecule has 0 atom stereocenters. The molecule has 0 aliphatic carbocycles. The molecule has 0 radical (unpaired) electrons. The molecule has 0 saturated heterocycles. The second-order valence-corrected chi connectivity index (χ2v) is 6.28. The molecule has 0 amide bonds. The highest BCUT2D eigenvalue weighted by Crippen LogP contribution is 2.39. The van der Waals surface area contributed by atoms with Gasteiger partial charge in [0.25, 0.3) is 0 Å². The van der Waals surface area contributed by atoms with Gasteiger partial charge in [-0.3, -0.25) is 0 Å². The highest BCUT2D eigenvalue weighted by Gasteiger charge is 2.15. The summed E-state index contributed by atoms with van der Waals surface area (Å²) in [6.07, 6.45) is 0. The van der Waals surface area contributed by atoms with Crippen molar-refractivity contribution in [2.75, 3.05) is 0 Å². The maximum Gasteiger partial charge on any atom is 0.0979 e. The first-order valence-corrected chi connectivity index (χ1v) is 8.12. The van der Waals surface area contributed by atoms with E-state index in [0.29, 0.717) is 0 Å². The normalized spacial score (nSPS) is 12.2. The SMILES string of the molecule is c1ccc2nc3c4cccc5ccc6cccc(c3nc2c1)c6c54. The van der Waals surface area contributed by atoms with E-state index >= 15 is 0 Å². The summed E-state index contributed by atoms with van der Waals surface area (Å²) < 4.78 is 0. The fourth-order valence-electron chi connectivity index (χ4n) is 3.93. The van der Waals surface area contributed by atoms with Gasteiger partial charge in [0, 0.05) is 10.8 Å². The number of fused-ring (bicyclic) bond motifs is 4. The van der Waals surface area contributed by atoms with Crippen molar-refractivity contribution in [3.63, 3.8) is 0 Å². The fraction of sp³-hybridized carbons (Fsp3) is 0. The van der Waals surface area contributed by atoms with Gasteiger partial charge in [0.15, 0.2) is 0 Å². The maximum atomic E-state index is 4.96. The van der Waals surface area contributed by atoms with Crippen molar-refractivity contribution in [2.24, 2.45) is 0 Å². The van der Waals surface area contributed by atoms with E-state index in [-0.39, 0.29) is 0 Å². The summed E-state index contributed by atoms with van der Waals surface area (Å²) in [6, 6.07) is 25.4. The second kappa shape index (κ2) is 4.18. The van der Waals surface area contributed by atoms with E-state index in [4.69, 9.17) is 9.97 Å². The van der Waals surface area contributed by atoms with E-state index in [1.807, 2.05) is 24.3 Å². The number of nitrogens with zero attached hydrogens (tertiary/aromatic N) is 2. The molecule has 0 aliphatic heterocycles. The van der Waals surface area contributed by atoms with Crippen LogP contribution in [0.15, 0.2) is 72.8 Å². The van der Waals surface area contributed by atoms with Gasteiger partial charge in [0.1, 0.15) is 0 Å². The first-order valence-electron chi connectivity index (χ1n) is 8.12. The van der Waals surface area contributed by atoms with Crippen LogP contribution in [0.3, 0.4) is 0 Å². The fourth-order valence-corrected chi connectivity index (χ4v) is 3.93. The lowest BCUT2D eigenvalue weighted by Gasteiger charge is -2.13. The van der Waals surface area contributed by atoms with Gasteiger partial charge in [-0.15, -0.1) is 0 Å². The Kier molecular flexibility index (Phi) is 2.12. The molecular formula is C22H12N2. The van der Waals surface area contributed by atoms with Crippen LogP contribution in [-0.2, 0) is 0 Å². The number of hydrogen-bond acceptors (Lipinski definition) is 2. The highest BCUT2D eigenvalue weighted by molar-refractivity contribution is 6.32. The monoisotopic (exact) mass is 304 g/mol. The van der Waals surface area contributed by atoms with Crippen molar-refractivity contribution in [3.05, 3.63) is 72.8 Å². The summed E-state index contributed by atoms with van der Waals surface area (Å²) in [4.78, 5) is 9.93. The van der Waals surface area contributed by atoms with Crippen molar-refractivity contribution in [3.8, 4) is 0 Å². The molecule has 2 nitrogen and oxygen atoms in total. The van der Waals surface area contributed by atoms with Gasteiger partial charge in [0.05, 0.1) is 22.1 Å². The summed E-state index contributed by atoms with van der Waals surface area (Å²) in [5.74, 6) is 0. The quantitative estimate of drug-likeness (QED) is 0.266. The van der Waals surface area contributed by atoms with Crippen LogP contribution in [0.25, 0.3) is 54.4 Å². The zero-order valence-electron chi connectivity index (χ0n) is 12.8. The van der Waals surface area contributed by atoms with Crippen molar-refractivity contribution >= 4 is 54.4 Å². The number of aromatic nitrogens is 2.